The molecule has 1 rings (SSSR count). The van der Waals surface area contributed by atoms with Gasteiger partial charge in [0.05, 0.1) is 9.22 Å². The molecule has 0 saturated heterocycles. The molecule has 1 aromatic carbocycles. The third-order valence-corrected chi connectivity index (χ3v) is 3.07. The Morgan fingerprint density at radius 1 is 1.50 bits per heavy atom. The molecule has 14 heavy (non-hydrogen) atoms. The van der Waals surface area contributed by atoms with Crippen molar-refractivity contribution < 1.29 is 5.11 Å². The minimum Gasteiger partial charge on any atom is -0.507 e. The van der Waals surface area contributed by atoms with Crippen LogP contribution in [-0.2, 0) is 0 Å². The zero-order chi connectivity index (χ0) is 10.6. The Balaban J connectivity index is 3.00. The quantitative estimate of drug-likeness (QED) is 0.484. The lowest BCUT2D eigenvalue weighted by Crippen LogP contribution is -1.88. The Hall–Kier alpha value is -0.510. The molecule has 0 amide bonds. The highest BCUT2D eigenvalue weighted by Crippen LogP contribution is 2.22. The van der Waals surface area contributed by atoms with Crippen LogP contribution in [0.4, 0.5) is 0 Å². The highest BCUT2D eigenvalue weighted by Gasteiger charge is 2.04. The molecule has 0 aromatic heterocycles. The van der Waals surface area contributed by atoms with Gasteiger partial charge in [0.15, 0.2) is 0 Å². The second kappa shape index (κ2) is 5.39. The van der Waals surface area contributed by atoms with Crippen molar-refractivity contribution in [3.8, 4) is 0 Å². The molecule has 0 radical (unpaired) electrons. The summed E-state index contributed by atoms with van der Waals surface area (Å²) in [7, 11) is 0. The fourth-order valence-electron chi connectivity index (χ4n) is 0.917. The molecular formula is C10H9ClOS2. The maximum atomic E-state index is 9.68. The van der Waals surface area contributed by atoms with Crippen LogP contribution in [0.3, 0.4) is 0 Å². The van der Waals surface area contributed by atoms with Crippen molar-refractivity contribution in [1.82, 2.24) is 0 Å². The molecule has 0 spiro atoms. The fourth-order valence-corrected chi connectivity index (χ4v) is 1.49. The van der Waals surface area contributed by atoms with Crippen molar-refractivity contribution in [2.45, 2.75) is 0 Å². The average molecular weight is 245 g/mol. The first-order valence-electron chi connectivity index (χ1n) is 3.88. The van der Waals surface area contributed by atoms with E-state index in [1.807, 2.05) is 18.4 Å². The third-order valence-electron chi connectivity index (χ3n) is 1.61. The number of rotatable bonds is 2. The van der Waals surface area contributed by atoms with Crippen LogP contribution in [-0.4, -0.2) is 15.6 Å². The van der Waals surface area contributed by atoms with Gasteiger partial charge in [-0.25, -0.2) is 0 Å². The van der Waals surface area contributed by atoms with Crippen LogP contribution < -0.4 is 0 Å². The van der Waals surface area contributed by atoms with Crippen molar-refractivity contribution >= 4 is 45.5 Å². The molecule has 1 N–H and O–H groups in total. The number of benzene rings is 1. The van der Waals surface area contributed by atoms with Crippen LogP contribution in [0.1, 0.15) is 5.56 Å². The number of thioether (sulfide) groups is 1. The minimum absolute atomic E-state index is 0.106. The second-order valence-electron chi connectivity index (χ2n) is 2.53. The molecule has 0 heterocycles. The van der Waals surface area contributed by atoms with E-state index in [1.165, 1.54) is 17.8 Å². The molecule has 0 aliphatic rings. The van der Waals surface area contributed by atoms with Crippen molar-refractivity contribution in [2.75, 3.05) is 6.26 Å². The van der Waals surface area contributed by atoms with Gasteiger partial charge in [-0.3, -0.25) is 0 Å². The Labute approximate surface area is 97.8 Å². The van der Waals surface area contributed by atoms with Crippen LogP contribution in [0.5, 0.6) is 0 Å². The highest BCUT2D eigenvalue weighted by molar-refractivity contribution is 8.23. The monoisotopic (exact) mass is 244 g/mol. The zero-order valence-electron chi connectivity index (χ0n) is 7.53. The first-order chi connectivity index (χ1) is 6.65. The first-order valence-corrected chi connectivity index (χ1v) is 5.89. The van der Waals surface area contributed by atoms with E-state index in [9.17, 15) is 5.11 Å². The largest absolute Gasteiger partial charge is 0.507 e. The van der Waals surface area contributed by atoms with E-state index in [1.54, 1.807) is 12.1 Å². The van der Waals surface area contributed by atoms with Gasteiger partial charge in [0.2, 0.25) is 0 Å². The van der Waals surface area contributed by atoms with Crippen molar-refractivity contribution in [2.24, 2.45) is 0 Å². The van der Waals surface area contributed by atoms with Crippen LogP contribution in [0.25, 0.3) is 5.76 Å². The molecule has 0 aliphatic carbocycles. The average Bonchev–Trinajstić information content (AvgIpc) is 2.18. The lowest BCUT2D eigenvalue weighted by Gasteiger charge is -2.02. The van der Waals surface area contributed by atoms with E-state index >= 15 is 0 Å². The molecule has 0 fully saturated rings. The topological polar surface area (TPSA) is 20.2 Å². The summed E-state index contributed by atoms with van der Waals surface area (Å²) in [5, 5.41) is 10.2. The molecule has 1 aromatic rings. The Kier molecular flexibility index (Phi) is 4.45. The first kappa shape index (κ1) is 11.6. The normalized spacial score (nSPS) is 11.4. The Morgan fingerprint density at radius 3 is 2.71 bits per heavy atom. The number of aliphatic hydroxyl groups excluding tert-OH is 1. The van der Waals surface area contributed by atoms with E-state index in [4.69, 9.17) is 23.8 Å². The number of aliphatic hydroxyl groups is 1. The summed E-state index contributed by atoms with van der Waals surface area (Å²) < 4.78 is 0.627. The van der Waals surface area contributed by atoms with Crippen molar-refractivity contribution in [1.29, 1.82) is 0 Å². The summed E-state index contributed by atoms with van der Waals surface area (Å²) in [6.45, 7) is 0. The van der Waals surface area contributed by atoms with Crippen LogP contribution in [0.15, 0.2) is 30.3 Å². The molecule has 0 saturated carbocycles. The Bertz CT molecular complexity index is 374. The summed E-state index contributed by atoms with van der Waals surface area (Å²) >= 11 is 12.3. The Morgan fingerprint density at radius 2 is 2.14 bits per heavy atom. The van der Waals surface area contributed by atoms with E-state index < -0.39 is 0 Å². The van der Waals surface area contributed by atoms with Gasteiger partial charge in [-0.15, -0.1) is 11.8 Å². The van der Waals surface area contributed by atoms with Crippen LogP contribution in [0, 0.1) is 0 Å². The summed E-state index contributed by atoms with van der Waals surface area (Å²) in [5.74, 6) is 0.106. The van der Waals surface area contributed by atoms with Crippen LogP contribution in [0.2, 0.25) is 5.02 Å². The predicted octanol–water partition coefficient (Wildman–Crippen LogP) is 3.93. The number of hydrogen-bond acceptors (Lipinski definition) is 3. The van der Waals surface area contributed by atoms with Gasteiger partial charge in [0.1, 0.15) is 5.76 Å². The summed E-state index contributed by atoms with van der Waals surface area (Å²) in [6, 6.07) is 7.10. The molecule has 74 valence electrons. The molecule has 1 nitrogen and oxygen atoms in total. The van der Waals surface area contributed by atoms with Crippen molar-refractivity contribution in [3.63, 3.8) is 0 Å². The van der Waals surface area contributed by atoms with Gasteiger partial charge in [0.25, 0.3) is 0 Å². The second-order valence-corrected chi connectivity index (χ2v) is 4.49. The molecule has 0 bridgehead atoms. The predicted molar refractivity (Wildman–Crippen MR) is 68.2 cm³/mol. The number of hydrogen-bond donors (Lipinski definition) is 1. The van der Waals surface area contributed by atoms with Gasteiger partial charge in [-0.1, -0.05) is 36.0 Å². The molecular weight excluding hydrogens is 236 g/mol. The van der Waals surface area contributed by atoms with E-state index in [0.717, 1.165) is 0 Å². The van der Waals surface area contributed by atoms with Gasteiger partial charge >= 0.3 is 0 Å². The maximum absolute atomic E-state index is 9.68. The summed E-state index contributed by atoms with van der Waals surface area (Å²) in [5.41, 5.74) is 0.602. The standard InChI is InChI=1S/C10H9ClOS2/c1-14-10(13)6-9(12)7-4-2-3-5-8(7)11/h2-6,12H,1H3. The van der Waals surface area contributed by atoms with Gasteiger partial charge in [-0.05, 0) is 18.4 Å². The molecule has 4 heteroatoms. The van der Waals surface area contributed by atoms with Gasteiger partial charge < -0.3 is 5.11 Å². The van der Waals surface area contributed by atoms with Crippen molar-refractivity contribution in [3.05, 3.63) is 40.9 Å². The summed E-state index contributed by atoms with van der Waals surface area (Å²) in [6.07, 6.45) is 3.39. The number of thiocarbonyl (C=S) groups is 1. The summed E-state index contributed by atoms with van der Waals surface area (Å²) in [4.78, 5) is 0. The van der Waals surface area contributed by atoms with Gasteiger partial charge in [0, 0.05) is 11.6 Å². The maximum Gasteiger partial charge on any atom is 0.126 e. The van der Waals surface area contributed by atoms with E-state index in [0.29, 0.717) is 14.8 Å². The minimum atomic E-state index is 0.106. The fraction of sp³-hybridized carbons (Fsp3) is 0.100. The molecule has 0 atom stereocenters. The smallest absolute Gasteiger partial charge is 0.126 e. The lowest BCUT2D eigenvalue weighted by molar-refractivity contribution is 0.512. The highest BCUT2D eigenvalue weighted by atomic mass is 35.5. The van der Waals surface area contributed by atoms with Crippen LogP contribution >= 0.6 is 35.6 Å². The molecule has 0 unspecified atom stereocenters. The van der Waals surface area contributed by atoms with Gasteiger partial charge in [-0.2, -0.15) is 0 Å². The molecule has 0 aliphatic heterocycles. The third kappa shape index (κ3) is 3.01. The lowest BCUT2D eigenvalue weighted by atomic mass is 10.2. The zero-order valence-corrected chi connectivity index (χ0v) is 9.92. The van der Waals surface area contributed by atoms with E-state index in [-0.39, 0.29) is 5.76 Å². The number of halogens is 1. The SMILES string of the molecule is CSC(=S)C=C(O)c1ccccc1Cl. The van der Waals surface area contributed by atoms with E-state index in [2.05, 4.69) is 0 Å².